The quantitative estimate of drug-likeness (QED) is 0.597. The Kier molecular flexibility index (Phi) is 2.90. The molecule has 1 aromatic rings. The van der Waals surface area contributed by atoms with Gasteiger partial charge >= 0.3 is 0 Å². The number of rotatable bonds is 2. The number of hydrogen-bond acceptors (Lipinski definition) is 7. The summed E-state index contributed by atoms with van der Waals surface area (Å²) in [6, 6.07) is 7.26. The Bertz CT molecular complexity index is 844. The van der Waals surface area contributed by atoms with Crippen molar-refractivity contribution < 1.29 is 9.94 Å². The van der Waals surface area contributed by atoms with Gasteiger partial charge in [-0.3, -0.25) is 5.41 Å². The van der Waals surface area contributed by atoms with Crippen molar-refractivity contribution >= 4 is 5.82 Å². The highest BCUT2D eigenvalue weighted by molar-refractivity contribution is 5.72. The number of ether oxygens (including phenoxy) is 1. The lowest BCUT2D eigenvalue weighted by atomic mass is 10.1. The first-order valence-electron chi connectivity index (χ1n) is 6.04. The van der Waals surface area contributed by atoms with Crippen LogP contribution in [0.5, 0.6) is 5.75 Å². The van der Waals surface area contributed by atoms with Gasteiger partial charge in [0.25, 0.3) is 0 Å². The van der Waals surface area contributed by atoms with E-state index >= 15 is 0 Å². The van der Waals surface area contributed by atoms with Crippen molar-refractivity contribution in [1.82, 2.24) is 19.7 Å². The van der Waals surface area contributed by atoms with Crippen molar-refractivity contribution in [2.45, 2.75) is 0 Å². The summed E-state index contributed by atoms with van der Waals surface area (Å²) < 4.78 is 6.06. The molecule has 0 saturated heterocycles. The Morgan fingerprint density at radius 3 is 2.76 bits per heavy atom. The highest BCUT2D eigenvalue weighted by atomic mass is 16.5. The molecular weight excluding hydrogens is 272 g/mol. The van der Waals surface area contributed by atoms with E-state index < -0.39 is 0 Å². The lowest BCUT2D eigenvalue weighted by Gasteiger charge is -2.13. The molecule has 0 bridgehead atoms. The molecule has 0 unspecified atom stereocenters. The smallest absolute Gasteiger partial charge is 0.246 e. The van der Waals surface area contributed by atoms with Gasteiger partial charge < -0.3 is 15.7 Å². The van der Waals surface area contributed by atoms with Crippen LogP contribution in [0.2, 0.25) is 0 Å². The second kappa shape index (κ2) is 4.75. The lowest BCUT2D eigenvalue weighted by Crippen LogP contribution is -2.20. The van der Waals surface area contributed by atoms with E-state index in [4.69, 9.17) is 15.9 Å². The van der Waals surface area contributed by atoms with E-state index in [1.54, 1.807) is 13.2 Å². The summed E-state index contributed by atoms with van der Waals surface area (Å²) >= 11 is 0. The number of nitrogens with one attached hydrogen (secondary N) is 1. The third-order valence-corrected chi connectivity index (χ3v) is 2.97. The first kappa shape index (κ1) is 12.9. The minimum Gasteiger partial charge on any atom is -0.496 e. The summed E-state index contributed by atoms with van der Waals surface area (Å²) in [6.07, 6.45) is 1.38. The Morgan fingerprint density at radius 1 is 1.24 bits per heavy atom. The number of nitrogens with zero attached hydrogens (tertiary/aromatic N) is 4. The summed E-state index contributed by atoms with van der Waals surface area (Å²) in [6.45, 7) is 0. The maximum Gasteiger partial charge on any atom is 0.246 e. The Labute approximate surface area is 119 Å². The van der Waals surface area contributed by atoms with Gasteiger partial charge in [0.1, 0.15) is 5.75 Å². The molecule has 0 atom stereocenters. The zero-order chi connectivity index (χ0) is 15.0. The standard InChI is InChI=1S/C13H12N6O2/c1-21-9-5-3-2-4-7(9)8-6-19(20)12-10(16-8)11(14)17-13(15)18-12/h2-6,20H,1H3,(H3,14,15,17). The number of nitrogens with two attached hydrogens (primary N) is 1. The highest BCUT2D eigenvalue weighted by Crippen LogP contribution is 2.30. The average molecular weight is 284 g/mol. The van der Waals surface area contributed by atoms with E-state index in [-0.39, 0.29) is 23.0 Å². The molecule has 0 amide bonds. The predicted octanol–water partition coefficient (Wildman–Crippen LogP) is 0.752. The van der Waals surface area contributed by atoms with Crippen LogP contribution in [0.4, 0.5) is 5.82 Å². The van der Waals surface area contributed by atoms with E-state index in [0.717, 1.165) is 4.73 Å². The van der Waals surface area contributed by atoms with E-state index in [0.29, 0.717) is 17.0 Å². The van der Waals surface area contributed by atoms with Crippen LogP contribution in [0.3, 0.4) is 0 Å². The molecule has 2 heterocycles. The summed E-state index contributed by atoms with van der Waals surface area (Å²) in [5, 5.41) is 17.5. The molecule has 0 fully saturated rings. The number of anilines is 1. The van der Waals surface area contributed by atoms with Crippen molar-refractivity contribution in [1.29, 1.82) is 5.41 Å². The molecule has 2 aliphatic rings. The van der Waals surface area contributed by atoms with Gasteiger partial charge in [-0.2, -0.15) is 14.7 Å². The molecule has 2 aliphatic heterocycles. The van der Waals surface area contributed by atoms with E-state index in [9.17, 15) is 5.21 Å². The van der Waals surface area contributed by atoms with Gasteiger partial charge in [-0.1, -0.05) is 12.1 Å². The first-order valence-corrected chi connectivity index (χ1v) is 6.04. The Hall–Kier alpha value is -3.16. The van der Waals surface area contributed by atoms with Crippen LogP contribution in [0, 0.1) is 5.41 Å². The molecule has 0 spiro atoms. The van der Waals surface area contributed by atoms with E-state index in [1.165, 1.54) is 6.20 Å². The van der Waals surface area contributed by atoms with Crippen LogP contribution in [-0.4, -0.2) is 32.0 Å². The Morgan fingerprint density at radius 2 is 2.00 bits per heavy atom. The first-order chi connectivity index (χ1) is 10.1. The summed E-state index contributed by atoms with van der Waals surface area (Å²) in [5.41, 5.74) is 6.84. The normalized spacial score (nSPS) is 10.7. The van der Waals surface area contributed by atoms with Crippen LogP contribution >= 0.6 is 0 Å². The van der Waals surface area contributed by atoms with Crippen LogP contribution in [0.25, 0.3) is 22.8 Å². The van der Waals surface area contributed by atoms with Crippen LogP contribution in [0.15, 0.2) is 30.5 Å². The molecular formula is C13H12N6O2. The fraction of sp³-hybridized carbons (Fsp3) is 0.0769. The fourth-order valence-electron chi connectivity index (χ4n) is 2.04. The number of aromatic nitrogens is 4. The summed E-state index contributed by atoms with van der Waals surface area (Å²) in [7, 11) is 1.55. The average Bonchev–Trinajstić information content (AvgIpc) is 2.48. The maximum absolute atomic E-state index is 10.0. The van der Waals surface area contributed by atoms with Gasteiger partial charge in [0, 0.05) is 5.56 Å². The van der Waals surface area contributed by atoms with Crippen molar-refractivity contribution in [2.24, 2.45) is 0 Å². The van der Waals surface area contributed by atoms with E-state index in [2.05, 4.69) is 15.0 Å². The zero-order valence-electron chi connectivity index (χ0n) is 11.1. The van der Waals surface area contributed by atoms with Crippen LogP contribution in [-0.2, 0) is 0 Å². The third kappa shape index (κ3) is 2.12. The van der Waals surface area contributed by atoms with Gasteiger partial charge in [0.2, 0.25) is 11.4 Å². The fourth-order valence-corrected chi connectivity index (χ4v) is 2.04. The second-order valence-corrected chi connectivity index (χ2v) is 4.28. The number of fused-ring (bicyclic) bond motifs is 1. The molecule has 1 aromatic carbocycles. The van der Waals surface area contributed by atoms with Crippen molar-refractivity contribution in [3.05, 3.63) is 36.1 Å². The molecule has 8 nitrogen and oxygen atoms in total. The minimum atomic E-state index is -0.283. The SMILES string of the molecule is COc1ccccc1-c1cn(O)c2nc(=N)nc(N)c-2n1. The van der Waals surface area contributed by atoms with Gasteiger partial charge in [-0.05, 0) is 12.1 Å². The summed E-state index contributed by atoms with van der Waals surface area (Å²) in [4.78, 5) is 11.9. The largest absolute Gasteiger partial charge is 0.496 e. The Balaban J connectivity index is 2.31. The molecule has 8 heteroatoms. The number of benzene rings is 1. The number of methoxy groups -OCH3 is 1. The highest BCUT2D eigenvalue weighted by Gasteiger charge is 2.18. The molecule has 0 radical (unpaired) electrons. The maximum atomic E-state index is 10.0. The van der Waals surface area contributed by atoms with Crippen LogP contribution < -0.4 is 16.1 Å². The second-order valence-electron chi connectivity index (χ2n) is 4.28. The minimum absolute atomic E-state index is 0.0320. The van der Waals surface area contributed by atoms with Crippen LogP contribution in [0.1, 0.15) is 0 Å². The molecule has 106 valence electrons. The lowest BCUT2D eigenvalue weighted by molar-refractivity contribution is 0.185. The molecule has 21 heavy (non-hydrogen) atoms. The molecule has 3 rings (SSSR count). The molecule has 0 aliphatic carbocycles. The number of nitrogen functional groups attached to an aromatic ring is 1. The predicted molar refractivity (Wildman–Crippen MR) is 73.9 cm³/mol. The van der Waals surface area contributed by atoms with Gasteiger partial charge in [-0.15, -0.1) is 0 Å². The third-order valence-electron chi connectivity index (χ3n) is 2.97. The molecule has 4 N–H and O–H groups in total. The van der Waals surface area contributed by atoms with E-state index in [1.807, 2.05) is 18.2 Å². The number of hydrogen-bond donors (Lipinski definition) is 3. The summed E-state index contributed by atoms with van der Waals surface area (Å²) in [5.74, 6) is 0.719. The monoisotopic (exact) mass is 284 g/mol. The molecule has 0 aromatic heterocycles. The van der Waals surface area contributed by atoms with Gasteiger partial charge in [0.15, 0.2) is 11.5 Å². The van der Waals surface area contributed by atoms with Crippen molar-refractivity contribution in [2.75, 3.05) is 12.8 Å². The zero-order valence-corrected chi connectivity index (χ0v) is 11.1. The molecule has 0 saturated carbocycles. The van der Waals surface area contributed by atoms with Crippen molar-refractivity contribution in [3.8, 4) is 28.5 Å². The topological polar surface area (TPSA) is 123 Å². The van der Waals surface area contributed by atoms with Gasteiger partial charge in [0.05, 0.1) is 19.0 Å². The number of para-hydroxylation sites is 1. The van der Waals surface area contributed by atoms with Gasteiger partial charge in [-0.25, -0.2) is 4.98 Å². The van der Waals surface area contributed by atoms with Crippen molar-refractivity contribution in [3.63, 3.8) is 0 Å².